The molecule has 0 aliphatic carbocycles. The van der Waals surface area contributed by atoms with E-state index in [0.717, 1.165) is 24.3 Å². The number of nitrogens with zero attached hydrogens (tertiary/aromatic N) is 2. The number of H-pyrrole nitrogens is 1. The molecule has 13 nitrogen and oxygen atoms in total. The van der Waals surface area contributed by atoms with Crippen molar-refractivity contribution < 1.29 is 48.7 Å². The zero-order valence-electron chi connectivity index (χ0n) is 22.9. The average Bonchev–Trinajstić information content (AvgIpc) is 3.42. The number of carboxylic acid groups (broad SMARTS) is 2. The zero-order chi connectivity index (χ0) is 30.6. The number of morpholine rings is 1. The molecule has 1 aromatic heterocycles. The normalized spacial score (nSPS) is 19.0. The second-order valence-electron chi connectivity index (χ2n) is 10.2. The van der Waals surface area contributed by atoms with Crippen molar-refractivity contribution in [2.24, 2.45) is 0 Å². The monoisotopic (exact) mass is 588 g/mol. The van der Waals surface area contributed by atoms with Gasteiger partial charge in [0, 0.05) is 61.8 Å². The van der Waals surface area contributed by atoms with Crippen LogP contribution in [0.5, 0.6) is 0 Å². The summed E-state index contributed by atoms with van der Waals surface area (Å²) in [6.07, 6.45) is -0.869. The first kappa shape index (κ1) is 30.8. The number of aliphatic hydroxyl groups is 2. The predicted molar refractivity (Wildman–Crippen MR) is 147 cm³/mol. The maximum absolute atomic E-state index is 13.8. The van der Waals surface area contributed by atoms with Crippen LogP contribution >= 0.6 is 0 Å². The minimum absolute atomic E-state index is 0.127. The predicted octanol–water partition coefficient (Wildman–Crippen LogP) is 0.553. The van der Waals surface area contributed by atoms with Crippen molar-refractivity contribution in [2.75, 3.05) is 51.3 Å². The van der Waals surface area contributed by atoms with Gasteiger partial charge < -0.3 is 40.4 Å². The average molecular weight is 589 g/mol. The van der Waals surface area contributed by atoms with Gasteiger partial charge in [-0.2, -0.15) is 0 Å². The SMILES string of the molecule is Cc1c(/C=C2\C(=O)Nc3ccc(F)cc32)[nH]c2c1C(=O)N(CC(O)CN1CCOCC1)CC2.O=C(O)CC(O)C(=O)O. The lowest BCUT2D eigenvalue weighted by atomic mass is 10.0. The summed E-state index contributed by atoms with van der Waals surface area (Å²) in [6, 6.07) is 4.18. The third-order valence-electron chi connectivity index (χ3n) is 7.21. The summed E-state index contributed by atoms with van der Waals surface area (Å²) in [4.78, 5) is 52.2. The molecule has 226 valence electrons. The van der Waals surface area contributed by atoms with E-state index in [9.17, 15) is 28.7 Å². The molecule has 6 N–H and O–H groups in total. The third kappa shape index (κ3) is 7.20. The number of fused-ring (bicyclic) bond motifs is 2. The third-order valence-corrected chi connectivity index (χ3v) is 7.21. The van der Waals surface area contributed by atoms with E-state index in [-0.39, 0.29) is 18.4 Å². The Kier molecular flexibility index (Phi) is 9.73. The minimum atomic E-state index is -1.79. The summed E-state index contributed by atoms with van der Waals surface area (Å²) in [5, 5.41) is 37.4. The number of hydrogen-bond acceptors (Lipinski definition) is 8. The number of amides is 2. The highest BCUT2D eigenvalue weighted by molar-refractivity contribution is 6.35. The van der Waals surface area contributed by atoms with E-state index in [1.54, 1.807) is 17.0 Å². The molecule has 2 unspecified atom stereocenters. The standard InChI is InChI=1S/C24H27FN4O4.C4H6O5/c1-14-21(11-18-17-10-15(25)2-3-19(17)27-23(18)31)26-20-4-5-29(24(32)22(14)20)13-16(30)12-28-6-8-33-9-7-28;5-2(4(8)9)1-3(6)7/h2-3,10-11,16,26,30H,4-9,12-13H2,1H3,(H,27,31);2,5H,1H2,(H,6,7)(H,8,9)/b18-11-;. The lowest BCUT2D eigenvalue weighted by Gasteiger charge is -2.32. The van der Waals surface area contributed by atoms with Crippen molar-refractivity contribution in [1.29, 1.82) is 0 Å². The summed E-state index contributed by atoms with van der Waals surface area (Å²) >= 11 is 0. The Labute approximate surface area is 240 Å². The van der Waals surface area contributed by atoms with Crippen LogP contribution in [-0.2, 0) is 25.5 Å². The van der Waals surface area contributed by atoms with Crippen LogP contribution in [0.3, 0.4) is 0 Å². The number of aliphatic hydroxyl groups excluding tert-OH is 2. The van der Waals surface area contributed by atoms with Gasteiger partial charge in [0.15, 0.2) is 6.10 Å². The number of hydrogen-bond donors (Lipinski definition) is 6. The van der Waals surface area contributed by atoms with Crippen LogP contribution in [-0.4, -0.2) is 117 Å². The minimum Gasteiger partial charge on any atom is -0.481 e. The molecule has 42 heavy (non-hydrogen) atoms. The molecule has 4 heterocycles. The first-order valence-electron chi connectivity index (χ1n) is 13.4. The summed E-state index contributed by atoms with van der Waals surface area (Å²) in [6.45, 7) is 6.02. The number of aliphatic carboxylic acids is 2. The number of ether oxygens (including phenoxy) is 1. The quantitative estimate of drug-likeness (QED) is 0.237. The molecule has 0 spiro atoms. The van der Waals surface area contributed by atoms with Crippen molar-refractivity contribution in [3.05, 3.63) is 52.1 Å². The van der Waals surface area contributed by atoms with E-state index < -0.39 is 36.4 Å². The number of benzene rings is 1. The molecule has 1 saturated heterocycles. The van der Waals surface area contributed by atoms with Crippen molar-refractivity contribution >= 4 is 41.1 Å². The topological polar surface area (TPSA) is 193 Å². The molecule has 5 rings (SSSR count). The summed E-state index contributed by atoms with van der Waals surface area (Å²) in [5.41, 5.74) is 4.24. The Morgan fingerprint density at radius 2 is 1.83 bits per heavy atom. The van der Waals surface area contributed by atoms with Gasteiger partial charge in [-0.3, -0.25) is 19.3 Å². The lowest BCUT2D eigenvalue weighted by molar-refractivity contribution is -0.152. The molecule has 2 aromatic rings. The summed E-state index contributed by atoms with van der Waals surface area (Å²) in [7, 11) is 0. The van der Waals surface area contributed by atoms with Gasteiger partial charge in [-0.1, -0.05) is 0 Å². The number of aromatic amines is 1. The van der Waals surface area contributed by atoms with Crippen LogP contribution in [0, 0.1) is 12.7 Å². The molecule has 14 heteroatoms. The largest absolute Gasteiger partial charge is 0.481 e. The molecule has 1 fully saturated rings. The van der Waals surface area contributed by atoms with E-state index in [2.05, 4.69) is 15.2 Å². The maximum atomic E-state index is 13.8. The number of anilines is 1. The lowest BCUT2D eigenvalue weighted by Crippen LogP contribution is -2.47. The number of halogens is 1. The maximum Gasteiger partial charge on any atom is 0.333 e. The highest BCUT2D eigenvalue weighted by Gasteiger charge is 2.32. The number of rotatable bonds is 8. The Morgan fingerprint density at radius 1 is 1.12 bits per heavy atom. The molecule has 2 atom stereocenters. The molecule has 3 aliphatic heterocycles. The van der Waals surface area contributed by atoms with Crippen molar-refractivity contribution in [3.8, 4) is 0 Å². The number of carbonyl (C=O) groups excluding carboxylic acids is 2. The Hall–Kier alpha value is -4.11. The van der Waals surface area contributed by atoms with Gasteiger partial charge in [-0.15, -0.1) is 0 Å². The van der Waals surface area contributed by atoms with Gasteiger partial charge in [0.25, 0.3) is 11.8 Å². The van der Waals surface area contributed by atoms with Gasteiger partial charge in [0.05, 0.1) is 36.9 Å². The molecule has 2 amide bonds. The second kappa shape index (κ2) is 13.2. The molecular formula is C28H33FN4O9. The number of carbonyl (C=O) groups is 4. The number of nitrogens with one attached hydrogen (secondary N) is 2. The first-order chi connectivity index (χ1) is 19.9. The van der Waals surface area contributed by atoms with Crippen LogP contribution in [0.1, 0.15) is 39.3 Å². The smallest absolute Gasteiger partial charge is 0.333 e. The molecule has 3 aliphatic rings. The number of β-amino-alcohol motifs (C(OH)–C–C–N with tert-alkyl or cyclic N) is 1. The fourth-order valence-electron chi connectivity index (χ4n) is 5.08. The van der Waals surface area contributed by atoms with E-state index in [0.29, 0.717) is 60.8 Å². The highest BCUT2D eigenvalue weighted by atomic mass is 19.1. The van der Waals surface area contributed by atoms with E-state index in [1.165, 1.54) is 12.1 Å². The molecular weight excluding hydrogens is 555 g/mol. The van der Waals surface area contributed by atoms with Crippen molar-refractivity contribution in [2.45, 2.75) is 32.0 Å². The van der Waals surface area contributed by atoms with Gasteiger partial charge in [-0.25, -0.2) is 9.18 Å². The molecule has 1 aromatic carbocycles. The Morgan fingerprint density at radius 3 is 2.48 bits per heavy atom. The Balaban J connectivity index is 0.000000392. The highest BCUT2D eigenvalue weighted by Crippen LogP contribution is 2.35. The van der Waals surface area contributed by atoms with E-state index in [4.69, 9.17) is 20.1 Å². The molecule has 0 saturated carbocycles. The number of aromatic nitrogens is 1. The van der Waals surface area contributed by atoms with E-state index >= 15 is 0 Å². The van der Waals surface area contributed by atoms with Crippen LogP contribution in [0.25, 0.3) is 11.6 Å². The van der Waals surface area contributed by atoms with E-state index in [1.807, 2.05) is 6.92 Å². The fraction of sp³-hybridized carbons (Fsp3) is 0.429. The zero-order valence-corrected chi connectivity index (χ0v) is 22.9. The van der Waals surface area contributed by atoms with Gasteiger partial charge in [-0.05, 0) is 36.8 Å². The summed E-state index contributed by atoms with van der Waals surface area (Å²) in [5.74, 6) is -3.69. The second-order valence-corrected chi connectivity index (χ2v) is 10.2. The van der Waals surface area contributed by atoms with Crippen LogP contribution in [0.4, 0.5) is 10.1 Å². The van der Waals surface area contributed by atoms with Gasteiger partial charge >= 0.3 is 11.9 Å². The Bertz CT molecular complexity index is 1400. The van der Waals surface area contributed by atoms with Crippen molar-refractivity contribution in [3.63, 3.8) is 0 Å². The molecule has 0 radical (unpaired) electrons. The van der Waals surface area contributed by atoms with Gasteiger partial charge in [0.2, 0.25) is 0 Å². The van der Waals surface area contributed by atoms with Gasteiger partial charge in [0.1, 0.15) is 5.82 Å². The fourth-order valence-corrected chi connectivity index (χ4v) is 5.08. The number of carboxylic acids is 2. The van der Waals surface area contributed by atoms with Crippen LogP contribution in [0.2, 0.25) is 0 Å². The summed E-state index contributed by atoms with van der Waals surface area (Å²) < 4.78 is 19.1. The van der Waals surface area contributed by atoms with Crippen molar-refractivity contribution in [1.82, 2.24) is 14.8 Å². The first-order valence-corrected chi connectivity index (χ1v) is 13.4. The van der Waals surface area contributed by atoms with Crippen LogP contribution in [0.15, 0.2) is 18.2 Å². The van der Waals surface area contributed by atoms with Crippen LogP contribution < -0.4 is 5.32 Å². The molecule has 0 bridgehead atoms.